The van der Waals surface area contributed by atoms with Crippen molar-refractivity contribution in [2.24, 2.45) is 0 Å². The molecule has 34 heavy (non-hydrogen) atoms. The number of carboxylic acids is 1. The third-order valence-electron chi connectivity index (χ3n) is 6.12. The van der Waals surface area contributed by atoms with E-state index in [1.807, 2.05) is 25.1 Å². The zero-order chi connectivity index (χ0) is 24.7. The maximum atomic E-state index is 14.2. The summed E-state index contributed by atoms with van der Waals surface area (Å²) < 4.78 is 19.7. The fraction of sp³-hybridized carbons (Fsp3) is 0.440. The number of carboxylic acid groups (broad SMARTS) is 1. The number of aliphatic carboxylic acids is 1. The molecule has 0 saturated carbocycles. The molecule has 1 saturated heterocycles. The number of carbonyl (C=O) groups is 2. The normalized spacial score (nSPS) is 14.9. The molecule has 1 aliphatic heterocycles. The van der Waals surface area contributed by atoms with Crippen molar-refractivity contribution in [3.63, 3.8) is 0 Å². The van der Waals surface area contributed by atoms with E-state index in [0.29, 0.717) is 25.3 Å². The highest BCUT2D eigenvalue weighted by Gasteiger charge is 2.24. The van der Waals surface area contributed by atoms with Crippen LogP contribution in [0.2, 0.25) is 5.02 Å². The third-order valence-corrected chi connectivity index (χ3v) is 6.35. The van der Waals surface area contributed by atoms with E-state index >= 15 is 0 Å². The molecule has 1 fully saturated rings. The first kappa shape index (κ1) is 25.8. The molecule has 0 aliphatic carbocycles. The summed E-state index contributed by atoms with van der Waals surface area (Å²) in [5.74, 6) is -1.71. The van der Waals surface area contributed by atoms with E-state index in [1.165, 1.54) is 12.1 Å². The van der Waals surface area contributed by atoms with Gasteiger partial charge in [-0.2, -0.15) is 0 Å². The molecule has 2 amide bonds. The minimum Gasteiger partial charge on any atom is -0.481 e. The van der Waals surface area contributed by atoms with Crippen molar-refractivity contribution >= 4 is 40.7 Å². The monoisotopic (exact) mass is 491 g/mol. The van der Waals surface area contributed by atoms with Crippen molar-refractivity contribution < 1.29 is 23.8 Å². The van der Waals surface area contributed by atoms with Gasteiger partial charge in [0.2, 0.25) is 0 Å². The molecular weight excluding hydrogens is 461 g/mol. The van der Waals surface area contributed by atoms with Crippen LogP contribution in [0.5, 0.6) is 0 Å². The average Bonchev–Trinajstić information content (AvgIpc) is 2.81. The molecule has 1 aliphatic rings. The first-order valence-electron chi connectivity index (χ1n) is 11.6. The Bertz CT molecular complexity index is 1010. The van der Waals surface area contributed by atoms with E-state index in [4.69, 9.17) is 16.3 Å². The van der Waals surface area contributed by atoms with Crippen LogP contribution in [0.1, 0.15) is 51.0 Å². The second-order valence-corrected chi connectivity index (χ2v) is 8.75. The van der Waals surface area contributed by atoms with Crippen LogP contribution in [0.4, 0.5) is 26.2 Å². The Labute approximate surface area is 204 Å². The van der Waals surface area contributed by atoms with Gasteiger partial charge in [-0.3, -0.25) is 4.79 Å². The van der Waals surface area contributed by atoms with Gasteiger partial charge in [0.05, 0.1) is 23.5 Å². The number of nitrogens with zero attached hydrogens (tertiary/aromatic N) is 1. The lowest BCUT2D eigenvalue weighted by atomic mass is 9.92. The highest BCUT2D eigenvalue weighted by Crippen LogP contribution is 2.35. The largest absolute Gasteiger partial charge is 0.481 e. The number of urea groups is 1. The summed E-state index contributed by atoms with van der Waals surface area (Å²) in [6.07, 6.45) is 2.38. The van der Waals surface area contributed by atoms with Crippen LogP contribution in [0, 0.1) is 5.82 Å². The van der Waals surface area contributed by atoms with Gasteiger partial charge < -0.3 is 25.4 Å². The summed E-state index contributed by atoms with van der Waals surface area (Å²) in [6.45, 7) is 6.06. The van der Waals surface area contributed by atoms with Crippen LogP contribution in [-0.2, 0) is 9.53 Å². The molecule has 1 unspecified atom stereocenters. The number of carbonyl (C=O) groups excluding carboxylic acids is 1. The van der Waals surface area contributed by atoms with Crippen LogP contribution in [0.3, 0.4) is 0 Å². The molecule has 9 heteroatoms. The van der Waals surface area contributed by atoms with E-state index in [2.05, 4.69) is 22.5 Å². The Morgan fingerprint density at radius 2 is 1.85 bits per heavy atom. The van der Waals surface area contributed by atoms with E-state index in [0.717, 1.165) is 36.7 Å². The van der Waals surface area contributed by atoms with Crippen LogP contribution in [0.15, 0.2) is 36.4 Å². The molecule has 0 spiro atoms. The number of hydrogen-bond acceptors (Lipinski definition) is 4. The molecular formula is C25H31ClFN3O4. The number of amides is 2. The van der Waals surface area contributed by atoms with E-state index < -0.39 is 17.8 Å². The molecule has 3 rings (SSSR count). The van der Waals surface area contributed by atoms with Crippen LogP contribution in [0.25, 0.3) is 0 Å². The number of ether oxygens (including phenoxy) is 1. The summed E-state index contributed by atoms with van der Waals surface area (Å²) in [6, 6.07) is 9.35. The molecule has 0 aromatic heterocycles. The molecule has 3 N–H and O–H groups in total. The Kier molecular flexibility index (Phi) is 9.12. The van der Waals surface area contributed by atoms with E-state index in [-0.39, 0.29) is 29.1 Å². The molecule has 2 aromatic carbocycles. The van der Waals surface area contributed by atoms with Gasteiger partial charge in [-0.25, -0.2) is 9.18 Å². The summed E-state index contributed by atoms with van der Waals surface area (Å²) in [5.41, 5.74) is 2.20. The van der Waals surface area contributed by atoms with E-state index in [1.54, 1.807) is 0 Å². The number of rotatable bonds is 9. The number of nitrogens with one attached hydrogen (secondary N) is 2. The van der Waals surface area contributed by atoms with E-state index in [9.17, 15) is 19.1 Å². The van der Waals surface area contributed by atoms with Crippen molar-refractivity contribution in [1.29, 1.82) is 0 Å². The zero-order valence-corrected chi connectivity index (χ0v) is 20.2. The lowest BCUT2D eigenvalue weighted by Gasteiger charge is -2.36. The molecule has 184 valence electrons. The van der Waals surface area contributed by atoms with Gasteiger partial charge in [0.25, 0.3) is 0 Å². The molecule has 7 nitrogen and oxygen atoms in total. The van der Waals surface area contributed by atoms with Gasteiger partial charge in [0, 0.05) is 30.8 Å². The lowest BCUT2D eigenvalue weighted by Crippen LogP contribution is -2.40. The Balaban J connectivity index is 1.93. The second kappa shape index (κ2) is 12.0. The van der Waals surface area contributed by atoms with Crippen molar-refractivity contribution in [3.05, 3.63) is 52.8 Å². The predicted octanol–water partition coefficient (Wildman–Crippen LogP) is 6.10. The standard InChI is InChI=1S/C25H31ClFN3O4/c1-3-16(14-24(31)32)17-5-8-23(30(4-2)19-9-11-34-12-10-19)22(13-17)29-25(33)28-21-7-6-18(26)15-20(21)27/h5-8,13,15-16,19H,3-4,9-12,14H2,1-2H3,(H,31,32)(H2,28,29,33). The van der Waals surface area contributed by atoms with Gasteiger partial charge in [0.1, 0.15) is 5.82 Å². The average molecular weight is 492 g/mol. The van der Waals surface area contributed by atoms with Gasteiger partial charge in [-0.15, -0.1) is 0 Å². The number of anilines is 3. The molecule has 1 heterocycles. The smallest absolute Gasteiger partial charge is 0.323 e. The van der Waals surface area contributed by atoms with Crippen LogP contribution >= 0.6 is 11.6 Å². The summed E-state index contributed by atoms with van der Waals surface area (Å²) in [5, 5.41) is 14.9. The van der Waals surface area contributed by atoms with Crippen LogP contribution < -0.4 is 15.5 Å². The minimum absolute atomic E-state index is 0.00503. The summed E-state index contributed by atoms with van der Waals surface area (Å²) in [4.78, 5) is 26.4. The second-order valence-electron chi connectivity index (χ2n) is 8.31. The van der Waals surface area contributed by atoms with Crippen LogP contribution in [-0.4, -0.2) is 42.9 Å². The van der Waals surface area contributed by atoms with Crippen molar-refractivity contribution in [2.45, 2.75) is 51.5 Å². The van der Waals surface area contributed by atoms with Gasteiger partial charge in [-0.05, 0) is 68.0 Å². The van der Waals surface area contributed by atoms with Crippen molar-refractivity contribution in [2.75, 3.05) is 35.3 Å². The first-order valence-corrected chi connectivity index (χ1v) is 11.9. The maximum Gasteiger partial charge on any atom is 0.323 e. The first-order chi connectivity index (χ1) is 16.3. The molecule has 0 bridgehead atoms. The van der Waals surface area contributed by atoms with Gasteiger partial charge in [-0.1, -0.05) is 24.6 Å². The minimum atomic E-state index is -0.876. The fourth-order valence-electron chi connectivity index (χ4n) is 4.36. The molecule has 2 aromatic rings. The molecule has 1 atom stereocenters. The quantitative estimate of drug-likeness (QED) is 0.394. The third kappa shape index (κ3) is 6.61. The van der Waals surface area contributed by atoms with Gasteiger partial charge >= 0.3 is 12.0 Å². The number of halogens is 2. The highest BCUT2D eigenvalue weighted by atomic mass is 35.5. The van der Waals surface area contributed by atoms with Gasteiger partial charge in [0.15, 0.2) is 0 Å². The fourth-order valence-corrected chi connectivity index (χ4v) is 4.51. The topological polar surface area (TPSA) is 90.9 Å². The maximum absolute atomic E-state index is 14.2. The predicted molar refractivity (Wildman–Crippen MR) is 133 cm³/mol. The van der Waals surface area contributed by atoms with Crippen molar-refractivity contribution in [3.8, 4) is 0 Å². The SMILES string of the molecule is CCC(CC(=O)O)c1ccc(N(CC)C2CCOCC2)c(NC(=O)Nc2ccc(Cl)cc2F)c1. The Hall–Kier alpha value is -2.84. The molecule has 0 radical (unpaired) electrons. The Morgan fingerprint density at radius 3 is 2.47 bits per heavy atom. The summed E-state index contributed by atoms with van der Waals surface area (Å²) in [7, 11) is 0. The van der Waals surface area contributed by atoms with Crippen molar-refractivity contribution in [1.82, 2.24) is 0 Å². The number of hydrogen-bond donors (Lipinski definition) is 3. The Morgan fingerprint density at radius 1 is 1.15 bits per heavy atom. The lowest BCUT2D eigenvalue weighted by molar-refractivity contribution is -0.137. The highest BCUT2D eigenvalue weighted by molar-refractivity contribution is 6.30. The summed E-state index contributed by atoms with van der Waals surface area (Å²) >= 11 is 5.80. The zero-order valence-electron chi connectivity index (χ0n) is 19.4. The number of benzene rings is 2.